The molecule has 0 fully saturated rings. The van der Waals surface area contributed by atoms with Crippen LogP contribution in [0.15, 0.2) is 42.6 Å². The minimum Gasteiger partial charge on any atom is -0.454 e. The van der Waals surface area contributed by atoms with Gasteiger partial charge in [0.1, 0.15) is 11.6 Å². The molecule has 1 aromatic carbocycles. The van der Waals surface area contributed by atoms with E-state index in [9.17, 15) is 4.39 Å². The Kier molecular flexibility index (Phi) is 4.12. The first kappa shape index (κ1) is 12.4. The Balaban J connectivity index is 2.12. The molecule has 0 unspecified atom stereocenters. The normalized spacial score (nSPS) is 10.1. The van der Waals surface area contributed by atoms with Gasteiger partial charge in [0, 0.05) is 18.8 Å². The molecule has 0 amide bonds. The lowest BCUT2D eigenvalue weighted by atomic mass is 10.3. The maximum atomic E-state index is 13.4. The summed E-state index contributed by atoms with van der Waals surface area (Å²) in [7, 11) is 0. The fraction of sp³-hybridized carbons (Fsp3) is 0.214. The van der Waals surface area contributed by atoms with Gasteiger partial charge >= 0.3 is 0 Å². The summed E-state index contributed by atoms with van der Waals surface area (Å²) in [5.74, 6) is 1.13. The lowest BCUT2D eigenvalue weighted by molar-refractivity contribution is 0.442. The molecule has 0 saturated carbocycles. The van der Waals surface area contributed by atoms with Gasteiger partial charge in [-0.15, -0.1) is 0 Å². The molecule has 0 aliphatic heterocycles. The predicted molar refractivity (Wildman–Crippen MR) is 69.5 cm³/mol. The molecule has 0 spiro atoms. The van der Waals surface area contributed by atoms with E-state index in [0.29, 0.717) is 5.75 Å². The van der Waals surface area contributed by atoms with Crippen LogP contribution in [0.25, 0.3) is 0 Å². The lowest BCUT2D eigenvalue weighted by Crippen LogP contribution is -2.01. The average Bonchev–Trinajstić information content (AvgIpc) is 2.40. The third-order valence-electron chi connectivity index (χ3n) is 2.35. The Hall–Kier alpha value is -2.10. The summed E-state index contributed by atoms with van der Waals surface area (Å²) >= 11 is 0. The number of rotatable bonds is 5. The fourth-order valence-electron chi connectivity index (χ4n) is 1.48. The Morgan fingerprint density at radius 3 is 2.89 bits per heavy atom. The summed E-state index contributed by atoms with van der Waals surface area (Å²) in [5.41, 5.74) is 0. The van der Waals surface area contributed by atoms with Crippen molar-refractivity contribution in [1.82, 2.24) is 4.98 Å². The van der Waals surface area contributed by atoms with E-state index in [1.54, 1.807) is 36.5 Å². The van der Waals surface area contributed by atoms with Crippen molar-refractivity contribution in [3.05, 3.63) is 48.4 Å². The van der Waals surface area contributed by atoms with Gasteiger partial charge in [-0.05, 0) is 24.6 Å². The van der Waals surface area contributed by atoms with Crippen LogP contribution in [0.5, 0.6) is 11.5 Å². The molecule has 94 valence electrons. The summed E-state index contributed by atoms with van der Waals surface area (Å²) in [6, 6.07) is 9.77. The molecule has 0 bridgehead atoms. The third kappa shape index (κ3) is 3.20. The van der Waals surface area contributed by atoms with Gasteiger partial charge in [-0.1, -0.05) is 19.1 Å². The number of anilines is 1. The quantitative estimate of drug-likeness (QED) is 0.870. The van der Waals surface area contributed by atoms with E-state index in [0.717, 1.165) is 18.8 Å². The number of nitrogens with zero attached hydrogens (tertiary/aromatic N) is 1. The fourth-order valence-corrected chi connectivity index (χ4v) is 1.48. The van der Waals surface area contributed by atoms with Crippen LogP contribution in [-0.2, 0) is 0 Å². The van der Waals surface area contributed by atoms with E-state index in [1.807, 2.05) is 0 Å². The molecular formula is C14H15FN2O. The highest BCUT2D eigenvalue weighted by molar-refractivity contribution is 5.42. The maximum absolute atomic E-state index is 13.4. The van der Waals surface area contributed by atoms with E-state index >= 15 is 0 Å². The molecule has 18 heavy (non-hydrogen) atoms. The van der Waals surface area contributed by atoms with Crippen LogP contribution < -0.4 is 10.1 Å². The van der Waals surface area contributed by atoms with Gasteiger partial charge in [0.2, 0.25) is 0 Å². The molecular weight excluding hydrogens is 231 g/mol. The molecule has 0 aliphatic rings. The van der Waals surface area contributed by atoms with E-state index < -0.39 is 0 Å². The Labute approximate surface area is 106 Å². The molecule has 3 nitrogen and oxygen atoms in total. The second kappa shape index (κ2) is 6.00. The molecule has 0 radical (unpaired) electrons. The smallest absolute Gasteiger partial charge is 0.165 e. The number of hydrogen-bond acceptors (Lipinski definition) is 3. The largest absolute Gasteiger partial charge is 0.454 e. The lowest BCUT2D eigenvalue weighted by Gasteiger charge is -2.08. The highest BCUT2D eigenvalue weighted by atomic mass is 19.1. The van der Waals surface area contributed by atoms with E-state index in [-0.39, 0.29) is 11.6 Å². The van der Waals surface area contributed by atoms with E-state index in [4.69, 9.17) is 4.74 Å². The number of pyridine rings is 1. The Morgan fingerprint density at radius 1 is 1.28 bits per heavy atom. The number of hydrogen-bond donors (Lipinski definition) is 1. The number of aromatic nitrogens is 1. The monoisotopic (exact) mass is 246 g/mol. The zero-order valence-corrected chi connectivity index (χ0v) is 10.2. The van der Waals surface area contributed by atoms with Gasteiger partial charge in [0.15, 0.2) is 11.6 Å². The van der Waals surface area contributed by atoms with Crippen molar-refractivity contribution >= 4 is 5.82 Å². The van der Waals surface area contributed by atoms with Crippen LogP contribution in [-0.4, -0.2) is 11.5 Å². The van der Waals surface area contributed by atoms with Gasteiger partial charge in [0.25, 0.3) is 0 Å². The minimum atomic E-state index is -0.377. The van der Waals surface area contributed by atoms with Gasteiger partial charge in [-0.3, -0.25) is 0 Å². The molecule has 1 heterocycles. The van der Waals surface area contributed by atoms with E-state index in [2.05, 4.69) is 17.2 Å². The van der Waals surface area contributed by atoms with Gasteiger partial charge in [-0.2, -0.15) is 0 Å². The zero-order chi connectivity index (χ0) is 12.8. The SMILES string of the molecule is CCCNc1cc(Oc2ccccc2F)ccn1. The molecule has 2 aromatic rings. The number of para-hydroxylation sites is 1. The van der Waals surface area contributed by atoms with Crippen LogP contribution >= 0.6 is 0 Å². The van der Waals surface area contributed by atoms with Crippen molar-refractivity contribution in [2.45, 2.75) is 13.3 Å². The molecule has 1 aromatic heterocycles. The summed E-state index contributed by atoms with van der Waals surface area (Å²) in [6.45, 7) is 2.92. The first-order valence-electron chi connectivity index (χ1n) is 5.92. The second-order valence-corrected chi connectivity index (χ2v) is 3.84. The number of ether oxygens (including phenoxy) is 1. The van der Waals surface area contributed by atoms with Crippen molar-refractivity contribution in [2.75, 3.05) is 11.9 Å². The summed E-state index contributed by atoms with van der Waals surface area (Å²) < 4.78 is 18.9. The van der Waals surface area contributed by atoms with Gasteiger partial charge in [0.05, 0.1) is 0 Å². The Bertz CT molecular complexity index is 517. The van der Waals surface area contributed by atoms with Crippen LogP contribution in [0.4, 0.5) is 10.2 Å². The molecule has 4 heteroatoms. The van der Waals surface area contributed by atoms with Crippen molar-refractivity contribution in [3.8, 4) is 11.5 Å². The molecule has 2 rings (SSSR count). The van der Waals surface area contributed by atoms with Crippen LogP contribution in [0.3, 0.4) is 0 Å². The highest BCUT2D eigenvalue weighted by Crippen LogP contribution is 2.24. The second-order valence-electron chi connectivity index (χ2n) is 3.84. The van der Waals surface area contributed by atoms with Crippen LogP contribution in [0.1, 0.15) is 13.3 Å². The number of halogens is 1. The van der Waals surface area contributed by atoms with Crippen molar-refractivity contribution in [2.24, 2.45) is 0 Å². The highest BCUT2D eigenvalue weighted by Gasteiger charge is 2.04. The van der Waals surface area contributed by atoms with Crippen molar-refractivity contribution in [3.63, 3.8) is 0 Å². The predicted octanol–water partition coefficient (Wildman–Crippen LogP) is 3.83. The minimum absolute atomic E-state index is 0.213. The zero-order valence-electron chi connectivity index (χ0n) is 10.2. The topological polar surface area (TPSA) is 34.1 Å². The standard InChI is InChI=1S/C14H15FN2O/c1-2-8-16-14-10-11(7-9-17-14)18-13-6-4-3-5-12(13)15/h3-7,9-10H,2,8H2,1H3,(H,16,17). The molecule has 0 aliphatic carbocycles. The summed E-state index contributed by atoms with van der Waals surface area (Å²) in [6.07, 6.45) is 2.65. The molecule has 1 N–H and O–H groups in total. The summed E-state index contributed by atoms with van der Waals surface area (Å²) in [4.78, 5) is 4.16. The Morgan fingerprint density at radius 2 is 2.11 bits per heavy atom. The van der Waals surface area contributed by atoms with Crippen LogP contribution in [0, 0.1) is 5.82 Å². The molecule has 0 atom stereocenters. The number of benzene rings is 1. The van der Waals surface area contributed by atoms with Crippen molar-refractivity contribution in [1.29, 1.82) is 0 Å². The first-order chi connectivity index (χ1) is 8.79. The molecule has 0 saturated heterocycles. The first-order valence-corrected chi connectivity index (χ1v) is 5.92. The maximum Gasteiger partial charge on any atom is 0.165 e. The average molecular weight is 246 g/mol. The van der Waals surface area contributed by atoms with E-state index in [1.165, 1.54) is 6.07 Å². The van der Waals surface area contributed by atoms with Gasteiger partial charge < -0.3 is 10.1 Å². The number of nitrogens with one attached hydrogen (secondary N) is 1. The summed E-state index contributed by atoms with van der Waals surface area (Å²) in [5, 5.41) is 3.15. The van der Waals surface area contributed by atoms with Gasteiger partial charge in [-0.25, -0.2) is 9.37 Å². The third-order valence-corrected chi connectivity index (χ3v) is 2.35. The van der Waals surface area contributed by atoms with Crippen molar-refractivity contribution < 1.29 is 9.13 Å². The van der Waals surface area contributed by atoms with Crippen LogP contribution in [0.2, 0.25) is 0 Å².